The monoisotopic (exact) mass is 336 g/mol. The molecule has 0 radical (unpaired) electrons. The zero-order valence-corrected chi connectivity index (χ0v) is 12.7. The lowest BCUT2D eigenvalue weighted by molar-refractivity contribution is 0.339. The molecule has 2 heterocycles. The summed E-state index contributed by atoms with van der Waals surface area (Å²) in [6.45, 7) is 0. The number of hydrogen-bond donors (Lipinski definition) is 4. The third-order valence-corrected chi connectivity index (χ3v) is 3.73. The number of benzene rings is 2. The highest BCUT2D eigenvalue weighted by Gasteiger charge is 2.13. The summed E-state index contributed by atoms with van der Waals surface area (Å²) in [5.41, 5.74) is 1.45. The lowest BCUT2D eigenvalue weighted by atomic mass is 10.2. The Morgan fingerprint density at radius 1 is 0.880 bits per heavy atom. The molecule has 4 aromatic rings. The second-order valence-corrected chi connectivity index (χ2v) is 5.30. The Hall–Kier alpha value is -3.72. The SMILES string of the molecule is NOc1c(N=Nc2ccc3[nH]c(=O)[nH]c3c2)c(=O)[nH]c2ccccc12. The molecule has 0 aliphatic carbocycles. The second kappa shape index (κ2) is 5.73. The van der Waals surface area contributed by atoms with Gasteiger partial charge in [0.2, 0.25) is 0 Å². The van der Waals surface area contributed by atoms with E-state index in [9.17, 15) is 9.59 Å². The quantitative estimate of drug-likeness (QED) is 0.336. The van der Waals surface area contributed by atoms with Gasteiger partial charge in [0, 0.05) is 5.39 Å². The number of hydrogen-bond acceptors (Lipinski definition) is 6. The number of nitrogens with zero attached hydrogens (tertiary/aromatic N) is 2. The fourth-order valence-electron chi connectivity index (χ4n) is 2.60. The van der Waals surface area contributed by atoms with Gasteiger partial charge >= 0.3 is 5.69 Å². The lowest BCUT2D eigenvalue weighted by Crippen LogP contribution is -2.11. The highest BCUT2D eigenvalue weighted by Crippen LogP contribution is 2.31. The van der Waals surface area contributed by atoms with Crippen LogP contribution < -0.4 is 22.0 Å². The van der Waals surface area contributed by atoms with Gasteiger partial charge in [0.15, 0.2) is 11.4 Å². The molecule has 0 saturated heterocycles. The zero-order valence-electron chi connectivity index (χ0n) is 12.7. The Balaban J connectivity index is 1.83. The van der Waals surface area contributed by atoms with Crippen LogP contribution in [0.25, 0.3) is 21.9 Å². The first-order valence-corrected chi connectivity index (χ1v) is 7.31. The van der Waals surface area contributed by atoms with E-state index in [0.29, 0.717) is 27.6 Å². The van der Waals surface area contributed by atoms with Crippen molar-refractivity contribution in [1.82, 2.24) is 15.0 Å². The van der Waals surface area contributed by atoms with Gasteiger partial charge in [-0.1, -0.05) is 12.1 Å². The van der Waals surface area contributed by atoms with Crippen molar-refractivity contribution in [2.24, 2.45) is 16.1 Å². The first-order valence-electron chi connectivity index (χ1n) is 7.31. The van der Waals surface area contributed by atoms with Gasteiger partial charge in [-0.05, 0) is 30.3 Å². The molecule has 25 heavy (non-hydrogen) atoms. The van der Waals surface area contributed by atoms with Crippen LogP contribution in [0.5, 0.6) is 5.75 Å². The molecular weight excluding hydrogens is 324 g/mol. The minimum absolute atomic E-state index is 0.0381. The van der Waals surface area contributed by atoms with Gasteiger partial charge in [-0.2, -0.15) is 11.0 Å². The predicted octanol–water partition coefficient (Wildman–Crippen LogP) is 2.37. The summed E-state index contributed by atoms with van der Waals surface area (Å²) in [5.74, 6) is 5.47. The minimum Gasteiger partial charge on any atom is -0.408 e. The minimum atomic E-state index is -0.473. The summed E-state index contributed by atoms with van der Waals surface area (Å²) in [7, 11) is 0. The van der Waals surface area contributed by atoms with Gasteiger partial charge in [-0.3, -0.25) is 4.79 Å². The highest BCUT2D eigenvalue weighted by molar-refractivity contribution is 5.89. The standard InChI is InChI=1S/C16H12N6O3/c17-25-14-9-3-1-2-4-10(9)18-15(23)13(14)22-21-8-5-6-11-12(7-8)20-16(24)19-11/h1-7H,17H2,(H,18,23)(H2,19,20,24). The Labute approximate surface area is 139 Å². The number of H-pyrrole nitrogens is 3. The number of pyridine rings is 1. The van der Waals surface area contributed by atoms with Crippen LogP contribution in [0.1, 0.15) is 0 Å². The Morgan fingerprint density at radius 3 is 2.52 bits per heavy atom. The molecule has 4 rings (SSSR count). The fraction of sp³-hybridized carbons (Fsp3) is 0. The number of fused-ring (bicyclic) bond motifs is 2. The van der Waals surface area contributed by atoms with Gasteiger partial charge in [0.1, 0.15) is 0 Å². The van der Waals surface area contributed by atoms with Crippen molar-refractivity contribution in [3.63, 3.8) is 0 Å². The van der Waals surface area contributed by atoms with Crippen LogP contribution in [-0.4, -0.2) is 15.0 Å². The van der Waals surface area contributed by atoms with Crippen LogP contribution in [0.3, 0.4) is 0 Å². The lowest BCUT2D eigenvalue weighted by Gasteiger charge is -2.06. The Kier molecular flexibility index (Phi) is 3.40. The fourth-order valence-corrected chi connectivity index (χ4v) is 2.60. The summed E-state index contributed by atoms with van der Waals surface area (Å²) in [6, 6.07) is 12.0. The van der Waals surface area contributed by atoms with Crippen molar-refractivity contribution < 1.29 is 4.84 Å². The van der Waals surface area contributed by atoms with E-state index in [4.69, 9.17) is 10.7 Å². The normalized spacial score (nSPS) is 11.6. The number of nitrogens with two attached hydrogens (primary N) is 1. The molecule has 0 aliphatic heterocycles. The maximum Gasteiger partial charge on any atom is 0.323 e. The van der Waals surface area contributed by atoms with Gasteiger partial charge < -0.3 is 19.8 Å². The number of azo groups is 1. The van der Waals surface area contributed by atoms with Crippen LogP contribution in [0.15, 0.2) is 62.3 Å². The smallest absolute Gasteiger partial charge is 0.323 e. The van der Waals surface area contributed by atoms with Gasteiger partial charge in [-0.15, -0.1) is 5.11 Å². The summed E-state index contributed by atoms with van der Waals surface area (Å²) < 4.78 is 0. The molecule has 2 aromatic heterocycles. The van der Waals surface area contributed by atoms with Crippen LogP contribution in [0.2, 0.25) is 0 Å². The van der Waals surface area contributed by atoms with E-state index in [0.717, 1.165) is 0 Å². The van der Waals surface area contributed by atoms with Crippen molar-refractivity contribution in [1.29, 1.82) is 0 Å². The molecular formula is C16H12N6O3. The number of rotatable bonds is 3. The van der Waals surface area contributed by atoms with Gasteiger partial charge in [-0.25, -0.2) is 4.79 Å². The summed E-state index contributed by atoms with van der Waals surface area (Å²) >= 11 is 0. The molecule has 5 N–H and O–H groups in total. The molecule has 9 heteroatoms. The van der Waals surface area contributed by atoms with Crippen molar-refractivity contribution in [3.8, 4) is 5.75 Å². The van der Waals surface area contributed by atoms with Crippen molar-refractivity contribution in [2.75, 3.05) is 0 Å². The van der Waals surface area contributed by atoms with E-state index in [1.165, 1.54) is 0 Å². The summed E-state index contributed by atoms with van der Waals surface area (Å²) in [6.07, 6.45) is 0. The molecule has 0 aliphatic rings. The highest BCUT2D eigenvalue weighted by atomic mass is 16.6. The Morgan fingerprint density at radius 2 is 1.68 bits per heavy atom. The van der Waals surface area contributed by atoms with E-state index in [-0.39, 0.29) is 17.1 Å². The molecule has 124 valence electrons. The van der Waals surface area contributed by atoms with Crippen molar-refractivity contribution >= 4 is 33.3 Å². The zero-order chi connectivity index (χ0) is 17.4. The molecule has 0 atom stereocenters. The number of aromatic nitrogens is 3. The van der Waals surface area contributed by atoms with E-state index in [2.05, 4.69) is 25.2 Å². The molecule has 2 aromatic carbocycles. The predicted molar refractivity (Wildman–Crippen MR) is 92.5 cm³/mol. The van der Waals surface area contributed by atoms with Crippen molar-refractivity contribution in [2.45, 2.75) is 0 Å². The number of para-hydroxylation sites is 1. The average molecular weight is 336 g/mol. The van der Waals surface area contributed by atoms with Crippen LogP contribution in [0.4, 0.5) is 11.4 Å². The van der Waals surface area contributed by atoms with E-state index in [1.807, 2.05) is 0 Å². The largest absolute Gasteiger partial charge is 0.408 e. The van der Waals surface area contributed by atoms with Gasteiger partial charge in [0.25, 0.3) is 5.56 Å². The summed E-state index contributed by atoms with van der Waals surface area (Å²) in [4.78, 5) is 36.4. The number of nitrogens with one attached hydrogen (secondary N) is 3. The van der Waals surface area contributed by atoms with Crippen LogP contribution in [0, 0.1) is 0 Å². The maximum atomic E-state index is 12.3. The second-order valence-electron chi connectivity index (χ2n) is 5.30. The molecule has 0 spiro atoms. The molecule has 0 fully saturated rings. The summed E-state index contributed by atoms with van der Waals surface area (Å²) in [5, 5.41) is 8.65. The van der Waals surface area contributed by atoms with E-state index in [1.54, 1.807) is 42.5 Å². The first kappa shape index (κ1) is 14.8. The number of aromatic amines is 3. The molecule has 0 unspecified atom stereocenters. The van der Waals surface area contributed by atoms with Crippen LogP contribution >= 0.6 is 0 Å². The molecule has 9 nitrogen and oxygen atoms in total. The van der Waals surface area contributed by atoms with Crippen molar-refractivity contribution in [3.05, 3.63) is 63.3 Å². The molecule has 0 bridgehead atoms. The van der Waals surface area contributed by atoms with E-state index < -0.39 is 5.56 Å². The number of imidazole rings is 1. The average Bonchev–Trinajstić information content (AvgIpc) is 2.98. The topological polar surface area (TPSA) is 141 Å². The third-order valence-electron chi connectivity index (χ3n) is 3.73. The maximum absolute atomic E-state index is 12.3. The van der Waals surface area contributed by atoms with E-state index >= 15 is 0 Å². The molecule has 0 amide bonds. The first-order chi connectivity index (χ1) is 12.2. The van der Waals surface area contributed by atoms with Crippen LogP contribution in [-0.2, 0) is 0 Å². The van der Waals surface area contributed by atoms with Gasteiger partial charge in [0.05, 0.1) is 22.2 Å². The Bertz CT molecular complexity index is 1230. The molecule has 0 saturated carbocycles. The third kappa shape index (κ3) is 2.58.